The van der Waals surface area contributed by atoms with E-state index in [1.807, 2.05) is 0 Å². The molecule has 1 aliphatic heterocycles. The fraction of sp³-hybridized carbons (Fsp3) is 1.00. The molecule has 1 saturated heterocycles. The normalized spacial score (nSPS) is 33.2. The summed E-state index contributed by atoms with van der Waals surface area (Å²) in [7, 11) is 0. The maximum atomic E-state index is 2.73. The minimum atomic E-state index is 0.533. The van der Waals surface area contributed by atoms with Gasteiger partial charge >= 0.3 is 0 Å². The van der Waals surface area contributed by atoms with E-state index in [0.717, 1.165) is 17.8 Å². The Morgan fingerprint density at radius 1 is 1.00 bits per heavy atom. The van der Waals surface area contributed by atoms with Gasteiger partial charge in [0.15, 0.2) is 0 Å². The van der Waals surface area contributed by atoms with Gasteiger partial charge in [0, 0.05) is 6.54 Å². The van der Waals surface area contributed by atoms with Crippen LogP contribution in [0.25, 0.3) is 0 Å². The zero-order chi connectivity index (χ0) is 12.5. The van der Waals surface area contributed by atoms with Crippen LogP contribution >= 0.6 is 0 Å². The number of hydrogen-bond acceptors (Lipinski definition) is 1. The van der Waals surface area contributed by atoms with E-state index in [1.165, 1.54) is 51.7 Å². The zero-order valence-corrected chi connectivity index (χ0v) is 12.3. The largest absolute Gasteiger partial charge is 0.303 e. The summed E-state index contributed by atoms with van der Waals surface area (Å²) >= 11 is 0. The molecule has 1 unspecified atom stereocenters. The van der Waals surface area contributed by atoms with Crippen LogP contribution in [0, 0.1) is 23.2 Å². The highest BCUT2D eigenvalue weighted by Crippen LogP contribution is 2.42. The van der Waals surface area contributed by atoms with Crippen LogP contribution in [-0.2, 0) is 0 Å². The molecule has 1 saturated carbocycles. The molecule has 0 amide bonds. The van der Waals surface area contributed by atoms with Gasteiger partial charge in [-0.3, -0.25) is 0 Å². The van der Waals surface area contributed by atoms with Crippen molar-refractivity contribution < 1.29 is 0 Å². The van der Waals surface area contributed by atoms with Gasteiger partial charge in [-0.1, -0.05) is 27.7 Å². The fourth-order valence-electron chi connectivity index (χ4n) is 3.64. The topological polar surface area (TPSA) is 3.24 Å². The monoisotopic (exact) mass is 237 g/mol. The van der Waals surface area contributed by atoms with Crippen molar-refractivity contribution in [2.75, 3.05) is 19.6 Å². The van der Waals surface area contributed by atoms with Crippen molar-refractivity contribution in [1.29, 1.82) is 0 Å². The average molecular weight is 237 g/mol. The van der Waals surface area contributed by atoms with Crippen molar-refractivity contribution in [3.8, 4) is 0 Å². The minimum Gasteiger partial charge on any atom is -0.303 e. The number of likely N-dealkylation sites (tertiary alicyclic amines) is 1. The Hall–Kier alpha value is -0.0400. The molecule has 0 bridgehead atoms. The van der Waals surface area contributed by atoms with Gasteiger partial charge in [0.05, 0.1) is 0 Å². The Morgan fingerprint density at radius 3 is 2.18 bits per heavy atom. The summed E-state index contributed by atoms with van der Waals surface area (Å²) in [5.41, 5.74) is 0.533. The molecule has 0 aromatic carbocycles. The standard InChI is InChI=1S/C16H31N/c1-13-7-9-17(10-8-13)12-14-5-6-15(11-14)16(2,3)4/h13-15H,5-12H2,1-4H3/t14?,15-/m1/s1. The second kappa shape index (κ2) is 5.30. The van der Waals surface area contributed by atoms with E-state index >= 15 is 0 Å². The lowest BCUT2D eigenvalue weighted by Gasteiger charge is -2.32. The smallest absolute Gasteiger partial charge is 0.000977 e. The molecule has 2 atom stereocenters. The third-order valence-corrected chi connectivity index (χ3v) is 5.16. The van der Waals surface area contributed by atoms with Crippen molar-refractivity contribution in [1.82, 2.24) is 4.90 Å². The van der Waals surface area contributed by atoms with Gasteiger partial charge in [-0.2, -0.15) is 0 Å². The van der Waals surface area contributed by atoms with Crippen LogP contribution in [0.1, 0.15) is 59.8 Å². The van der Waals surface area contributed by atoms with Crippen LogP contribution in [0.3, 0.4) is 0 Å². The first-order valence-electron chi connectivity index (χ1n) is 7.67. The van der Waals surface area contributed by atoms with Gasteiger partial charge in [-0.05, 0) is 68.4 Å². The molecule has 1 aliphatic carbocycles. The van der Waals surface area contributed by atoms with Crippen LogP contribution in [-0.4, -0.2) is 24.5 Å². The molecule has 100 valence electrons. The molecule has 0 N–H and O–H groups in total. The van der Waals surface area contributed by atoms with E-state index in [9.17, 15) is 0 Å². The molecule has 0 aromatic rings. The Kier molecular flexibility index (Phi) is 4.18. The van der Waals surface area contributed by atoms with Crippen molar-refractivity contribution in [2.45, 2.75) is 59.8 Å². The first-order valence-corrected chi connectivity index (χ1v) is 7.67. The molecule has 1 heterocycles. The Balaban J connectivity index is 1.74. The van der Waals surface area contributed by atoms with Crippen LogP contribution in [0.2, 0.25) is 0 Å². The fourth-order valence-corrected chi connectivity index (χ4v) is 3.64. The second-order valence-electron chi connectivity index (χ2n) is 7.73. The highest BCUT2D eigenvalue weighted by molar-refractivity contribution is 4.85. The molecular formula is C16H31N. The van der Waals surface area contributed by atoms with Crippen molar-refractivity contribution in [3.63, 3.8) is 0 Å². The quantitative estimate of drug-likeness (QED) is 0.696. The molecule has 2 rings (SSSR count). The van der Waals surface area contributed by atoms with E-state index in [1.54, 1.807) is 0 Å². The average Bonchev–Trinajstić information content (AvgIpc) is 2.69. The van der Waals surface area contributed by atoms with Gasteiger partial charge < -0.3 is 4.90 Å². The summed E-state index contributed by atoms with van der Waals surface area (Å²) in [6, 6.07) is 0. The summed E-state index contributed by atoms with van der Waals surface area (Å²) in [6.07, 6.45) is 7.28. The zero-order valence-electron chi connectivity index (χ0n) is 12.3. The summed E-state index contributed by atoms with van der Waals surface area (Å²) in [5, 5.41) is 0. The number of piperidine rings is 1. The van der Waals surface area contributed by atoms with E-state index in [2.05, 4.69) is 32.6 Å². The van der Waals surface area contributed by atoms with Crippen LogP contribution < -0.4 is 0 Å². The lowest BCUT2D eigenvalue weighted by molar-refractivity contribution is 0.160. The summed E-state index contributed by atoms with van der Waals surface area (Å²) in [4.78, 5) is 2.73. The van der Waals surface area contributed by atoms with Crippen LogP contribution in [0.15, 0.2) is 0 Å². The lowest BCUT2D eigenvalue weighted by atomic mass is 9.79. The molecule has 0 radical (unpaired) electrons. The maximum Gasteiger partial charge on any atom is 0.000977 e. The number of hydrogen-bond donors (Lipinski definition) is 0. The lowest BCUT2D eigenvalue weighted by Crippen LogP contribution is -2.36. The van der Waals surface area contributed by atoms with E-state index in [-0.39, 0.29) is 0 Å². The molecule has 2 fully saturated rings. The van der Waals surface area contributed by atoms with E-state index < -0.39 is 0 Å². The van der Waals surface area contributed by atoms with Crippen molar-refractivity contribution in [3.05, 3.63) is 0 Å². The van der Waals surface area contributed by atoms with Crippen molar-refractivity contribution >= 4 is 0 Å². The van der Waals surface area contributed by atoms with Gasteiger partial charge in [0.1, 0.15) is 0 Å². The van der Waals surface area contributed by atoms with Crippen LogP contribution in [0.4, 0.5) is 0 Å². The Morgan fingerprint density at radius 2 is 1.65 bits per heavy atom. The SMILES string of the molecule is CC1CCN(CC2CC[C@@H](C(C)(C)C)C2)CC1. The van der Waals surface area contributed by atoms with Gasteiger partial charge in [-0.15, -0.1) is 0 Å². The molecule has 0 aromatic heterocycles. The number of rotatable bonds is 2. The minimum absolute atomic E-state index is 0.533. The number of nitrogens with zero attached hydrogens (tertiary/aromatic N) is 1. The Labute approximate surface area is 108 Å². The van der Waals surface area contributed by atoms with Crippen molar-refractivity contribution in [2.24, 2.45) is 23.2 Å². The summed E-state index contributed by atoms with van der Waals surface area (Å²) in [6.45, 7) is 13.8. The molecule has 1 heteroatoms. The predicted octanol–water partition coefficient (Wildman–Crippen LogP) is 4.18. The summed E-state index contributed by atoms with van der Waals surface area (Å²) < 4.78 is 0. The van der Waals surface area contributed by atoms with Gasteiger partial charge in [-0.25, -0.2) is 0 Å². The maximum absolute atomic E-state index is 2.73. The molecule has 17 heavy (non-hydrogen) atoms. The Bertz CT molecular complexity index is 232. The van der Waals surface area contributed by atoms with Crippen LogP contribution in [0.5, 0.6) is 0 Å². The highest BCUT2D eigenvalue weighted by Gasteiger charge is 2.33. The van der Waals surface area contributed by atoms with E-state index in [0.29, 0.717) is 5.41 Å². The summed E-state index contributed by atoms with van der Waals surface area (Å²) in [5.74, 6) is 2.93. The molecule has 2 aliphatic rings. The first kappa shape index (κ1) is 13.4. The van der Waals surface area contributed by atoms with E-state index in [4.69, 9.17) is 0 Å². The highest BCUT2D eigenvalue weighted by atomic mass is 15.1. The third-order valence-electron chi connectivity index (χ3n) is 5.16. The second-order valence-corrected chi connectivity index (χ2v) is 7.73. The molecule has 0 spiro atoms. The molecular weight excluding hydrogens is 206 g/mol. The first-order chi connectivity index (χ1) is 7.95. The predicted molar refractivity (Wildman–Crippen MR) is 75.1 cm³/mol. The molecule has 1 nitrogen and oxygen atoms in total. The van der Waals surface area contributed by atoms with Gasteiger partial charge in [0.2, 0.25) is 0 Å². The van der Waals surface area contributed by atoms with Gasteiger partial charge in [0.25, 0.3) is 0 Å². The third kappa shape index (κ3) is 3.71.